The van der Waals surface area contributed by atoms with Crippen molar-refractivity contribution in [2.45, 2.75) is 12.8 Å². The van der Waals surface area contributed by atoms with E-state index in [1.165, 1.54) is 12.8 Å². The normalized spacial score (nSPS) is 22.4. The van der Waals surface area contributed by atoms with Gasteiger partial charge in [-0.05, 0) is 45.9 Å². The molecule has 82 valence electrons. The molecule has 4 heteroatoms. The molecule has 1 rings (SSSR count). The van der Waals surface area contributed by atoms with E-state index in [-0.39, 0.29) is 5.91 Å². The smallest absolute Gasteiger partial charge is 0.234 e. The van der Waals surface area contributed by atoms with Crippen LogP contribution in [0.4, 0.5) is 0 Å². The Morgan fingerprint density at radius 2 is 2.36 bits per heavy atom. The number of amides is 1. The van der Waals surface area contributed by atoms with Crippen LogP contribution in [0, 0.1) is 5.92 Å². The van der Waals surface area contributed by atoms with Crippen LogP contribution in [0.3, 0.4) is 0 Å². The summed E-state index contributed by atoms with van der Waals surface area (Å²) < 4.78 is 0. The Balaban J connectivity index is 2.09. The van der Waals surface area contributed by atoms with Crippen LogP contribution < -0.4 is 10.6 Å². The van der Waals surface area contributed by atoms with Crippen molar-refractivity contribution in [3.05, 3.63) is 0 Å². The van der Waals surface area contributed by atoms with Gasteiger partial charge in [-0.3, -0.25) is 4.79 Å². The fraction of sp³-hybridized carbons (Fsp3) is 0.900. The van der Waals surface area contributed by atoms with Gasteiger partial charge in [-0.1, -0.05) is 0 Å². The molecule has 0 radical (unpaired) electrons. The molecule has 0 spiro atoms. The molecule has 1 aliphatic rings. The monoisotopic (exact) mass is 199 g/mol. The molecule has 1 saturated heterocycles. The van der Waals surface area contributed by atoms with Gasteiger partial charge < -0.3 is 15.5 Å². The van der Waals surface area contributed by atoms with Crippen LogP contribution in [0.15, 0.2) is 0 Å². The number of nitrogens with one attached hydrogen (secondary N) is 2. The van der Waals surface area contributed by atoms with Gasteiger partial charge in [-0.15, -0.1) is 0 Å². The van der Waals surface area contributed by atoms with Crippen molar-refractivity contribution in [1.82, 2.24) is 15.5 Å². The zero-order valence-electron chi connectivity index (χ0n) is 9.18. The van der Waals surface area contributed by atoms with Crippen molar-refractivity contribution >= 4 is 5.91 Å². The number of carbonyl (C=O) groups is 1. The van der Waals surface area contributed by atoms with E-state index in [9.17, 15) is 4.79 Å². The molecule has 4 nitrogen and oxygen atoms in total. The molecule has 1 unspecified atom stereocenters. The quantitative estimate of drug-likeness (QED) is 0.651. The summed E-state index contributed by atoms with van der Waals surface area (Å²) in [5.41, 5.74) is 0. The number of carbonyl (C=O) groups excluding carboxylic acids is 1. The number of likely N-dealkylation sites (N-methyl/N-ethyl adjacent to an activating group) is 1. The van der Waals surface area contributed by atoms with E-state index in [4.69, 9.17) is 0 Å². The van der Waals surface area contributed by atoms with Crippen LogP contribution in [-0.2, 0) is 4.79 Å². The van der Waals surface area contributed by atoms with Crippen molar-refractivity contribution in [3.8, 4) is 0 Å². The van der Waals surface area contributed by atoms with E-state index in [0.717, 1.165) is 19.6 Å². The Labute approximate surface area is 86.0 Å². The first-order valence-electron chi connectivity index (χ1n) is 5.30. The highest BCUT2D eigenvalue weighted by molar-refractivity contribution is 5.77. The van der Waals surface area contributed by atoms with Crippen LogP contribution >= 0.6 is 0 Å². The highest BCUT2D eigenvalue weighted by Crippen LogP contribution is 2.07. The third-order valence-electron chi connectivity index (χ3n) is 2.45. The number of hydrogen-bond donors (Lipinski definition) is 2. The second-order valence-electron chi connectivity index (χ2n) is 4.25. The summed E-state index contributed by atoms with van der Waals surface area (Å²) in [5.74, 6) is 0.746. The van der Waals surface area contributed by atoms with Gasteiger partial charge in [0.05, 0.1) is 6.54 Å². The minimum absolute atomic E-state index is 0.126. The Kier molecular flexibility index (Phi) is 4.90. The Bertz CT molecular complexity index is 176. The fourth-order valence-corrected chi connectivity index (χ4v) is 1.70. The maximum Gasteiger partial charge on any atom is 0.234 e. The molecule has 1 heterocycles. The fourth-order valence-electron chi connectivity index (χ4n) is 1.70. The molecule has 0 aromatic heterocycles. The van der Waals surface area contributed by atoms with Crippen molar-refractivity contribution in [2.24, 2.45) is 5.92 Å². The van der Waals surface area contributed by atoms with Crippen LogP contribution in [-0.4, -0.2) is 51.1 Å². The lowest BCUT2D eigenvalue weighted by molar-refractivity contribution is -0.121. The van der Waals surface area contributed by atoms with Crippen LogP contribution in [0.2, 0.25) is 0 Å². The number of piperidine rings is 1. The Morgan fingerprint density at radius 3 is 2.93 bits per heavy atom. The zero-order valence-corrected chi connectivity index (χ0v) is 9.18. The summed E-state index contributed by atoms with van der Waals surface area (Å²) in [4.78, 5) is 13.2. The summed E-state index contributed by atoms with van der Waals surface area (Å²) in [5, 5.41) is 6.30. The van der Waals surface area contributed by atoms with Gasteiger partial charge in [-0.25, -0.2) is 0 Å². The van der Waals surface area contributed by atoms with Crippen molar-refractivity contribution in [2.75, 3.05) is 40.3 Å². The molecule has 1 fully saturated rings. The first kappa shape index (κ1) is 11.5. The van der Waals surface area contributed by atoms with E-state index in [1.807, 2.05) is 19.0 Å². The molecule has 0 aromatic rings. The van der Waals surface area contributed by atoms with Gasteiger partial charge in [0.1, 0.15) is 0 Å². The van der Waals surface area contributed by atoms with Gasteiger partial charge in [-0.2, -0.15) is 0 Å². The third kappa shape index (κ3) is 4.58. The highest BCUT2D eigenvalue weighted by atomic mass is 16.1. The first-order valence-corrected chi connectivity index (χ1v) is 5.30. The van der Waals surface area contributed by atoms with E-state index in [0.29, 0.717) is 12.5 Å². The largest absolute Gasteiger partial charge is 0.355 e. The average Bonchev–Trinajstić information content (AvgIpc) is 2.15. The second kappa shape index (κ2) is 5.98. The minimum atomic E-state index is 0.126. The number of nitrogens with zero attached hydrogens (tertiary/aromatic N) is 1. The molecule has 0 aromatic carbocycles. The molecular formula is C10H21N3O. The molecule has 1 aliphatic heterocycles. The lowest BCUT2D eigenvalue weighted by Crippen LogP contribution is -2.40. The van der Waals surface area contributed by atoms with Gasteiger partial charge >= 0.3 is 0 Å². The second-order valence-corrected chi connectivity index (χ2v) is 4.25. The van der Waals surface area contributed by atoms with Gasteiger partial charge in [0, 0.05) is 6.54 Å². The van der Waals surface area contributed by atoms with Crippen molar-refractivity contribution in [3.63, 3.8) is 0 Å². The topological polar surface area (TPSA) is 44.4 Å². The molecule has 1 atom stereocenters. The SMILES string of the molecule is CN(C)CC(=O)NCC1CCCNC1. The van der Waals surface area contributed by atoms with Gasteiger partial charge in [0.2, 0.25) is 5.91 Å². The first-order chi connectivity index (χ1) is 6.68. The predicted octanol–water partition coefficient (Wildman–Crippen LogP) is -0.336. The molecule has 1 amide bonds. The summed E-state index contributed by atoms with van der Waals surface area (Å²) in [6, 6.07) is 0. The van der Waals surface area contributed by atoms with Gasteiger partial charge in [0.25, 0.3) is 0 Å². The maximum absolute atomic E-state index is 11.3. The Hall–Kier alpha value is -0.610. The molecule has 0 aliphatic carbocycles. The molecule has 2 N–H and O–H groups in total. The summed E-state index contributed by atoms with van der Waals surface area (Å²) >= 11 is 0. The standard InChI is InChI=1S/C10H21N3O/c1-13(2)8-10(14)12-7-9-4-3-5-11-6-9/h9,11H,3-8H2,1-2H3,(H,12,14). The van der Waals surface area contributed by atoms with Crippen LogP contribution in [0.1, 0.15) is 12.8 Å². The van der Waals surface area contributed by atoms with Crippen LogP contribution in [0.5, 0.6) is 0 Å². The highest BCUT2D eigenvalue weighted by Gasteiger charge is 2.13. The molecular weight excluding hydrogens is 178 g/mol. The van der Waals surface area contributed by atoms with E-state index in [1.54, 1.807) is 0 Å². The number of hydrogen-bond acceptors (Lipinski definition) is 3. The van der Waals surface area contributed by atoms with E-state index < -0.39 is 0 Å². The molecule has 14 heavy (non-hydrogen) atoms. The zero-order chi connectivity index (χ0) is 10.4. The van der Waals surface area contributed by atoms with E-state index in [2.05, 4.69) is 10.6 Å². The minimum Gasteiger partial charge on any atom is -0.355 e. The van der Waals surface area contributed by atoms with Crippen molar-refractivity contribution < 1.29 is 4.79 Å². The van der Waals surface area contributed by atoms with Crippen LogP contribution in [0.25, 0.3) is 0 Å². The number of rotatable bonds is 4. The lowest BCUT2D eigenvalue weighted by Gasteiger charge is -2.23. The molecule has 0 saturated carbocycles. The molecule has 0 bridgehead atoms. The summed E-state index contributed by atoms with van der Waals surface area (Å²) in [7, 11) is 3.81. The maximum atomic E-state index is 11.3. The summed E-state index contributed by atoms with van der Waals surface area (Å²) in [6.45, 7) is 3.48. The Morgan fingerprint density at radius 1 is 1.57 bits per heavy atom. The average molecular weight is 199 g/mol. The predicted molar refractivity (Wildman–Crippen MR) is 57.2 cm³/mol. The third-order valence-corrected chi connectivity index (χ3v) is 2.45. The van der Waals surface area contributed by atoms with Crippen molar-refractivity contribution in [1.29, 1.82) is 0 Å². The van der Waals surface area contributed by atoms with Gasteiger partial charge in [0.15, 0.2) is 0 Å². The summed E-state index contributed by atoms with van der Waals surface area (Å²) in [6.07, 6.45) is 2.46. The van der Waals surface area contributed by atoms with E-state index >= 15 is 0 Å². The lowest BCUT2D eigenvalue weighted by atomic mass is 10.00.